The quantitative estimate of drug-likeness (QED) is 0.758. The molecule has 0 unspecified atom stereocenters. The molecule has 0 radical (unpaired) electrons. The fourth-order valence-corrected chi connectivity index (χ4v) is 4.45. The third-order valence-electron chi connectivity index (χ3n) is 3.98. The van der Waals surface area contributed by atoms with Crippen LogP contribution in [0.1, 0.15) is 26.5 Å². The van der Waals surface area contributed by atoms with Crippen LogP contribution in [0.2, 0.25) is 0 Å². The number of hydrogen-bond acceptors (Lipinski definition) is 6. The Morgan fingerprint density at radius 2 is 2.21 bits per heavy atom. The number of esters is 1. The van der Waals surface area contributed by atoms with Crippen molar-refractivity contribution in [2.75, 3.05) is 23.7 Å². The van der Waals surface area contributed by atoms with Crippen LogP contribution in [-0.4, -0.2) is 38.8 Å². The number of thiazole rings is 1. The van der Waals surface area contributed by atoms with Crippen LogP contribution in [0, 0.1) is 6.92 Å². The maximum Gasteiger partial charge on any atom is 0.338 e. The molecule has 0 saturated heterocycles. The molecule has 0 fully saturated rings. The summed E-state index contributed by atoms with van der Waals surface area (Å²) in [4.78, 5) is 17.4. The molecule has 1 aliphatic rings. The van der Waals surface area contributed by atoms with Crippen LogP contribution < -0.4 is 4.31 Å². The molecule has 8 heteroatoms. The first-order valence-electron chi connectivity index (χ1n) is 7.53. The molecule has 3 rings (SSSR count). The molecule has 1 aromatic carbocycles. The third kappa shape index (κ3) is 3.44. The zero-order valence-corrected chi connectivity index (χ0v) is 15.1. The predicted molar refractivity (Wildman–Crippen MR) is 93.2 cm³/mol. The maximum absolute atomic E-state index is 12.2. The first kappa shape index (κ1) is 16.9. The Balaban J connectivity index is 1.66. The van der Waals surface area contributed by atoms with Crippen molar-refractivity contribution in [2.45, 2.75) is 19.8 Å². The molecule has 0 bridgehead atoms. The van der Waals surface area contributed by atoms with E-state index in [1.165, 1.54) is 10.6 Å². The van der Waals surface area contributed by atoms with Gasteiger partial charge in [-0.2, -0.15) is 0 Å². The molecule has 2 aromatic rings. The first-order valence-corrected chi connectivity index (χ1v) is 10.3. The number of aromatic nitrogens is 1. The van der Waals surface area contributed by atoms with E-state index >= 15 is 0 Å². The van der Waals surface area contributed by atoms with Gasteiger partial charge in [0.15, 0.2) is 0 Å². The Kier molecular flexibility index (Phi) is 4.60. The number of ether oxygens (including phenoxy) is 1. The Morgan fingerprint density at radius 1 is 1.42 bits per heavy atom. The van der Waals surface area contributed by atoms with Crippen LogP contribution in [0.15, 0.2) is 23.7 Å². The summed E-state index contributed by atoms with van der Waals surface area (Å²) in [6.07, 6.45) is 2.43. The number of fused-ring (bicyclic) bond motifs is 1. The van der Waals surface area contributed by atoms with Crippen molar-refractivity contribution in [1.29, 1.82) is 0 Å². The van der Waals surface area contributed by atoms with Crippen molar-refractivity contribution in [3.05, 3.63) is 45.4 Å². The Morgan fingerprint density at radius 3 is 2.88 bits per heavy atom. The predicted octanol–water partition coefficient (Wildman–Crippen LogP) is 2.17. The number of hydrogen-bond donors (Lipinski definition) is 0. The number of carbonyl (C=O) groups excluding carboxylic acids is 1. The van der Waals surface area contributed by atoms with Crippen molar-refractivity contribution < 1.29 is 17.9 Å². The second-order valence-electron chi connectivity index (χ2n) is 5.68. The van der Waals surface area contributed by atoms with Gasteiger partial charge in [-0.3, -0.25) is 4.31 Å². The van der Waals surface area contributed by atoms with Crippen LogP contribution in [0.25, 0.3) is 0 Å². The molecule has 0 saturated carbocycles. The Labute approximate surface area is 145 Å². The van der Waals surface area contributed by atoms with Crippen LogP contribution in [0.5, 0.6) is 0 Å². The van der Waals surface area contributed by atoms with E-state index in [0.29, 0.717) is 37.2 Å². The van der Waals surface area contributed by atoms with Gasteiger partial charge in [-0.05, 0) is 37.1 Å². The van der Waals surface area contributed by atoms with Crippen molar-refractivity contribution in [2.24, 2.45) is 0 Å². The second-order valence-corrected chi connectivity index (χ2v) is 8.52. The highest BCUT2D eigenvalue weighted by molar-refractivity contribution is 7.92. The molecule has 0 atom stereocenters. The minimum absolute atomic E-state index is 0.300. The van der Waals surface area contributed by atoms with E-state index < -0.39 is 16.0 Å². The number of sulfonamides is 1. The number of carbonyl (C=O) groups is 1. The van der Waals surface area contributed by atoms with Crippen molar-refractivity contribution in [1.82, 2.24) is 4.98 Å². The summed E-state index contributed by atoms with van der Waals surface area (Å²) in [7, 11) is -3.28. The molecule has 1 aliphatic heterocycles. The molecule has 1 aromatic heterocycles. The van der Waals surface area contributed by atoms with Gasteiger partial charge in [-0.1, -0.05) is 0 Å². The van der Waals surface area contributed by atoms with E-state index in [9.17, 15) is 13.2 Å². The topological polar surface area (TPSA) is 76.6 Å². The normalized spacial score (nSPS) is 13.8. The largest absolute Gasteiger partial charge is 0.462 e. The number of rotatable bonds is 5. The highest BCUT2D eigenvalue weighted by Gasteiger charge is 2.26. The van der Waals surface area contributed by atoms with Gasteiger partial charge in [0.2, 0.25) is 10.0 Å². The summed E-state index contributed by atoms with van der Waals surface area (Å²) < 4.78 is 30.1. The molecular weight excluding hydrogens is 348 g/mol. The fourth-order valence-electron chi connectivity index (χ4n) is 2.73. The van der Waals surface area contributed by atoms with E-state index in [2.05, 4.69) is 4.98 Å². The van der Waals surface area contributed by atoms with Gasteiger partial charge in [0.1, 0.15) is 0 Å². The van der Waals surface area contributed by atoms with Gasteiger partial charge in [-0.25, -0.2) is 18.2 Å². The van der Waals surface area contributed by atoms with Crippen LogP contribution in [-0.2, 0) is 27.6 Å². The minimum atomic E-state index is -3.28. The average molecular weight is 366 g/mol. The summed E-state index contributed by atoms with van der Waals surface area (Å²) in [6.45, 7) is 2.65. The van der Waals surface area contributed by atoms with E-state index in [4.69, 9.17) is 4.74 Å². The van der Waals surface area contributed by atoms with E-state index in [0.717, 1.165) is 16.1 Å². The SMILES string of the molecule is Cc1ncsc1CCOC(=O)c1ccc2c(c1)CCN2S(C)(=O)=O. The lowest BCUT2D eigenvalue weighted by Gasteiger charge is -2.16. The lowest BCUT2D eigenvalue weighted by Crippen LogP contribution is -2.27. The Bertz CT molecular complexity index is 874. The molecule has 0 aliphatic carbocycles. The molecule has 2 heterocycles. The fraction of sp³-hybridized carbons (Fsp3) is 0.375. The summed E-state index contributed by atoms with van der Waals surface area (Å²) in [5.74, 6) is -0.391. The number of benzene rings is 1. The smallest absolute Gasteiger partial charge is 0.338 e. The van der Waals surface area contributed by atoms with Crippen LogP contribution in [0.3, 0.4) is 0 Å². The van der Waals surface area contributed by atoms with Crippen LogP contribution in [0.4, 0.5) is 5.69 Å². The van der Waals surface area contributed by atoms with Gasteiger partial charge in [0, 0.05) is 17.8 Å². The average Bonchev–Trinajstić information content (AvgIpc) is 3.12. The second kappa shape index (κ2) is 6.52. The highest BCUT2D eigenvalue weighted by Crippen LogP contribution is 2.30. The van der Waals surface area contributed by atoms with Gasteiger partial charge < -0.3 is 4.74 Å². The summed E-state index contributed by atoms with van der Waals surface area (Å²) in [6, 6.07) is 5.01. The number of aryl methyl sites for hydroxylation is 1. The lowest BCUT2D eigenvalue weighted by molar-refractivity contribution is 0.0509. The van der Waals surface area contributed by atoms with Crippen molar-refractivity contribution >= 4 is 33.0 Å². The molecule has 6 nitrogen and oxygen atoms in total. The van der Waals surface area contributed by atoms with Crippen molar-refractivity contribution in [3.63, 3.8) is 0 Å². The first-order chi connectivity index (χ1) is 11.4. The van der Waals surface area contributed by atoms with E-state index in [1.807, 2.05) is 6.92 Å². The third-order valence-corrected chi connectivity index (χ3v) is 6.15. The minimum Gasteiger partial charge on any atom is -0.462 e. The molecular formula is C16H18N2O4S2. The lowest BCUT2D eigenvalue weighted by atomic mass is 10.1. The zero-order valence-electron chi connectivity index (χ0n) is 13.5. The summed E-state index contributed by atoms with van der Waals surface area (Å²) in [5.41, 5.74) is 4.70. The monoisotopic (exact) mass is 366 g/mol. The highest BCUT2D eigenvalue weighted by atomic mass is 32.2. The number of anilines is 1. The van der Waals surface area contributed by atoms with Gasteiger partial charge in [0.25, 0.3) is 0 Å². The van der Waals surface area contributed by atoms with E-state index in [-0.39, 0.29) is 0 Å². The van der Waals surface area contributed by atoms with Gasteiger partial charge >= 0.3 is 5.97 Å². The standard InChI is InChI=1S/C16H18N2O4S2/c1-11-15(23-10-17-11)6-8-22-16(19)13-3-4-14-12(9-13)5-7-18(14)24(2,20)21/h3-4,9-10H,5-8H2,1-2H3. The number of nitrogens with zero attached hydrogens (tertiary/aromatic N) is 2. The molecule has 0 spiro atoms. The molecule has 128 valence electrons. The van der Waals surface area contributed by atoms with Gasteiger partial charge in [-0.15, -0.1) is 11.3 Å². The maximum atomic E-state index is 12.2. The zero-order chi connectivity index (χ0) is 17.3. The van der Waals surface area contributed by atoms with Crippen LogP contribution >= 0.6 is 11.3 Å². The molecule has 0 N–H and O–H groups in total. The molecule has 0 amide bonds. The van der Waals surface area contributed by atoms with E-state index in [1.54, 1.807) is 35.0 Å². The van der Waals surface area contributed by atoms with Crippen molar-refractivity contribution in [3.8, 4) is 0 Å². The Hall–Kier alpha value is -1.93. The molecule has 24 heavy (non-hydrogen) atoms. The summed E-state index contributed by atoms with van der Waals surface area (Å²) in [5, 5.41) is 0. The van der Waals surface area contributed by atoms with Gasteiger partial charge in [0.05, 0.1) is 35.3 Å². The summed E-state index contributed by atoms with van der Waals surface area (Å²) >= 11 is 1.55.